The fourth-order valence-electron chi connectivity index (χ4n) is 3.18. The van der Waals surface area contributed by atoms with Crippen molar-refractivity contribution in [2.75, 3.05) is 13.7 Å². The highest BCUT2D eigenvalue weighted by molar-refractivity contribution is 7.09. The SMILES string of the molecule is CCCCCCOc1c(Cl)cc(/C=N/NC(=O)c2ccc(-c3csc(C)n3)cc2)cc1OC. The molecule has 33 heavy (non-hydrogen) atoms. The summed E-state index contributed by atoms with van der Waals surface area (Å²) in [4.78, 5) is 16.9. The quantitative estimate of drug-likeness (QED) is 0.191. The molecule has 0 saturated heterocycles. The summed E-state index contributed by atoms with van der Waals surface area (Å²) in [6.07, 6.45) is 5.96. The highest BCUT2D eigenvalue weighted by atomic mass is 35.5. The van der Waals surface area contributed by atoms with Crippen molar-refractivity contribution in [3.63, 3.8) is 0 Å². The van der Waals surface area contributed by atoms with Gasteiger partial charge in [-0.05, 0) is 43.2 Å². The second-order valence-electron chi connectivity index (χ2n) is 7.47. The Morgan fingerprint density at radius 3 is 2.67 bits per heavy atom. The number of hydrazone groups is 1. The second-order valence-corrected chi connectivity index (χ2v) is 8.94. The van der Waals surface area contributed by atoms with E-state index in [-0.39, 0.29) is 5.91 Å². The van der Waals surface area contributed by atoms with E-state index in [0.29, 0.717) is 34.3 Å². The van der Waals surface area contributed by atoms with E-state index in [9.17, 15) is 4.79 Å². The molecule has 0 fully saturated rings. The number of hydrogen-bond acceptors (Lipinski definition) is 6. The van der Waals surface area contributed by atoms with Gasteiger partial charge in [-0.25, -0.2) is 10.4 Å². The Kier molecular flexibility index (Phi) is 9.27. The number of carbonyl (C=O) groups excluding carboxylic acids is 1. The summed E-state index contributed by atoms with van der Waals surface area (Å²) in [5, 5.41) is 7.49. The number of aromatic nitrogens is 1. The Morgan fingerprint density at radius 1 is 1.21 bits per heavy atom. The number of halogens is 1. The third-order valence-electron chi connectivity index (χ3n) is 4.94. The summed E-state index contributed by atoms with van der Waals surface area (Å²) in [6.45, 7) is 4.72. The van der Waals surface area contributed by atoms with Crippen LogP contribution in [0, 0.1) is 6.92 Å². The molecule has 0 saturated carbocycles. The predicted octanol–water partition coefficient (Wildman–Crippen LogP) is 6.50. The first-order valence-corrected chi connectivity index (χ1v) is 12.1. The molecule has 1 aromatic heterocycles. The molecular formula is C25H28ClN3O3S. The molecule has 2 aromatic carbocycles. The van der Waals surface area contributed by atoms with Crippen LogP contribution in [0.3, 0.4) is 0 Å². The molecule has 1 amide bonds. The van der Waals surface area contributed by atoms with Crippen LogP contribution in [-0.4, -0.2) is 30.8 Å². The molecule has 3 rings (SSSR count). The number of ether oxygens (including phenoxy) is 2. The summed E-state index contributed by atoms with van der Waals surface area (Å²) < 4.78 is 11.3. The predicted molar refractivity (Wildman–Crippen MR) is 135 cm³/mol. The van der Waals surface area contributed by atoms with Gasteiger partial charge in [-0.15, -0.1) is 11.3 Å². The summed E-state index contributed by atoms with van der Waals surface area (Å²) >= 11 is 7.99. The average molecular weight is 486 g/mol. The summed E-state index contributed by atoms with van der Waals surface area (Å²) in [6, 6.07) is 10.7. The Balaban J connectivity index is 1.59. The lowest BCUT2D eigenvalue weighted by Crippen LogP contribution is -2.17. The molecular weight excluding hydrogens is 458 g/mol. The van der Waals surface area contributed by atoms with Crippen LogP contribution < -0.4 is 14.9 Å². The van der Waals surface area contributed by atoms with Crippen LogP contribution in [-0.2, 0) is 0 Å². The van der Waals surface area contributed by atoms with Gasteiger partial charge in [-0.3, -0.25) is 4.79 Å². The van der Waals surface area contributed by atoms with E-state index in [4.69, 9.17) is 21.1 Å². The molecule has 8 heteroatoms. The molecule has 0 unspecified atom stereocenters. The molecule has 1 N–H and O–H groups in total. The molecule has 0 atom stereocenters. The number of methoxy groups -OCH3 is 1. The number of amides is 1. The van der Waals surface area contributed by atoms with Gasteiger partial charge in [0.1, 0.15) is 0 Å². The Bertz CT molecular complexity index is 1100. The molecule has 0 aliphatic rings. The van der Waals surface area contributed by atoms with Crippen molar-refractivity contribution >= 4 is 35.1 Å². The van der Waals surface area contributed by atoms with Gasteiger partial charge in [0.15, 0.2) is 11.5 Å². The van der Waals surface area contributed by atoms with Gasteiger partial charge in [-0.2, -0.15) is 5.10 Å². The second kappa shape index (κ2) is 12.4. The smallest absolute Gasteiger partial charge is 0.271 e. The maximum absolute atomic E-state index is 12.4. The van der Waals surface area contributed by atoms with E-state index in [0.717, 1.165) is 29.1 Å². The normalized spacial score (nSPS) is 11.0. The Labute approximate surface area is 203 Å². The lowest BCUT2D eigenvalue weighted by Gasteiger charge is -2.13. The van der Waals surface area contributed by atoms with Gasteiger partial charge in [0.05, 0.1) is 35.7 Å². The van der Waals surface area contributed by atoms with Gasteiger partial charge >= 0.3 is 0 Å². The number of nitrogens with zero attached hydrogens (tertiary/aromatic N) is 2. The zero-order chi connectivity index (χ0) is 23.6. The van der Waals surface area contributed by atoms with Gasteiger partial charge in [0.2, 0.25) is 0 Å². The van der Waals surface area contributed by atoms with Crippen LogP contribution >= 0.6 is 22.9 Å². The minimum Gasteiger partial charge on any atom is -0.493 e. The zero-order valence-corrected chi connectivity index (χ0v) is 20.6. The maximum Gasteiger partial charge on any atom is 0.271 e. The number of unbranched alkanes of at least 4 members (excludes halogenated alkanes) is 3. The van der Waals surface area contributed by atoms with Gasteiger partial charge in [0, 0.05) is 16.5 Å². The first kappa shape index (κ1) is 24.7. The molecule has 6 nitrogen and oxygen atoms in total. The third-order valence-corrected chi connectivity index (χ3v) is 5.99. The fourth-order valence-corrected chi connectivity index (χ4v) is 4.07. The van der Waals surface area contributed by atoms with Crippen LogP contribution in [0.25, 0.3) is 11.3 Å². The Morgan fingerprint density at radius 2 is 2.00 bits per heavy atom. The molecule has 0 bridgehead atoms. The van der Waals surface area contributed by atoms with Crippen molar-refractivity contribution in [2.45, 2.75) is 39.5 Å². The minimum absolute atomic E-state index is 0.308. The molecule has 1 heterocycles. The minimum atomic E-state index is -0.308. The average Bonchev–Trinajstić information content (AvgIpc) is 3.26. The number of aryl methyl sites for hydroxylation is 1. The van der Waals surface area contributed by atoms with E-state index < -0.39 is 0 Å². The maximum atomic E-state index is 12.4. The van der Waals surface area contributed by atoms with Crippen LogP contribution in [0.5, 0.6) is 11.5 Å². The number of rotatable bonds is 11. The van der Waals surface area contributed by atoms with Crippen molar-refractivity contribution in [2.24, 2.45) is 5.10 Å². The number of thiazole rings is 1. The largest absolute Gasteiger partial charge is 0.493 e. The van der Waals surface area contributed by atoms with Crippen molar-refractivity contribution in [3.8, 4) is 22.8 Å². The standard InChI is InChI=1S/C25H28ClN3O3S/c1-4-5-6-7-12-32-24-21(26)13-18(14-23(24)31-3)15-27-29-25(30)20-10-8-19(9-11-20)22-16-33-17(2)28-22/h8-11,13-16H,4-7,12H2,1-3H3,(H,29,30)/b27-15+. The number of benzene rings is 2. The van der Waals surface area contributed by atoms with Crippen molar-refractivity contribution in [1.29, 1.82) is 0 Å². The first-order chi connectivity index (χ1) is 16.0. The first-order valence-electron chi connectivity index (χ1n) is 10.9. The molecule has 0 aliphatic heterocycles. The van der Waals surface area contributed by atoms with E-state index >= 15 is 0 Å². The highest BCUT2D eigenvalue weighted by Crippen LogP contribution is 2.36. The van der Waals surface area contributed by atoms with Crippen molar-refractivity contribution in [3.05, 3.63) is 62.9 Å². The topological polar surface area (TPSA) is 72.8 Å². The molecule has 174 valence electrons. The van der Waals surface area contributed by atoms with Crippen LogP contribution in [0.1, 0.15) is 53.5 Å². The summed E-state index contributed by atoms with van der Waals surface area (Å²) in [5.74, 6) is 0.739. The monoisotopic (exact) mass is 485 g/mol. The zero-order valence-electron chi connectivity index (χ0n) is 19.1. The van der Waals surface area contributed by atoms with Gasteiger partial charge in [-0.1, -0.05) is 49.9 Å². The highest BCUT2D eigenvalue weighted by Gasteiger charge is 2.12. The summed E-state index contributed by atoms with van der Waals surface area (Å²) in [5.41, 5.74) is 5.60. The number of carbonyl (C=O) groups is 1. The number of hydrogen-bond donors (Lipinski definition) is 1. The number of nitrogens with one attached hydrogen (secondary N) is 1. The molecule has 0 spiro atoms. The van der Waals surface area contributed by atoms with E-state index in [2.05, 4.69) is 22.4 Å². The van der Waals surface area contributed by atoms with Gasteiger partial charge < -0.3 is 9.47 Å². The van der Waals surface area contributed by atoms with Crippen molar-refractivity contribution < 1.29 is 14.3 Å². The van der Waals surface area contributed by atoms with E-state index in [1.165, 1.54) is 19.1 Å². The molecule has 3 aromatic rings. The van der Waals surface area contributed by atoms with Crippen molar-refractivity contribution in [1.82, 2.24) is 10.4 Å². The molecule has 0 aliphatic carbocycles. The van der Waals surface area contributed by atoms with Crippen LogP contribution in [0.15, 0.2) is 46.9 Å². The fraction of sp³-hybridized carbons (Fsp3) is 0.320. The summed E-state index contributed by atoms with van der Waals surface area (Å²) in [7, 11) is 1.56. The van der Waals surface area contributed by atoms with Gasteiger partial charge in [0.25, 0.3) is 5.91 Å². The lowest BCUT2D eigenvalue weighted by molar-refractivity contribution is 0.0955. The van der Waals surface area contributed by atoms with E-state index in [1.807, 2.05) is 24.4 Å². The third kappa shape index (κ3) is 7.04. The van der Waals surface area contributed by atoms with Crippen LogP contribution in [0.2, 0.25) is 5.02 Å². The molecule has 0 radical (unpaired) electrons. The van der Waals surface area contributed by atoms with Crippen LogP contribution in [0.4, 0.5) is 0 Å². The lowest BCUT2D eigenvalue weighted by atomic mass is 10.1. The van der Waals surface area contributed by atoms with E-state index in [1.54, 1.807) is 42.7 Å². The Hall–Kier alpha value is -2.90.